The topological polar surface area (TPSA) is 74.7 Å². The van der Waals surface area contributed by atoms with Crippen LogP contribution in [0, 0.1) is 6.92 Å². The summed E-state index contributed by atoms with van der Waals surface area (Å²) in [4.78, 5) is 28.1. The van der Waals surface area contributed by atoms with Gasteiger partial charge in [0.2, 0.25) is 0 Å². The fourth-order valence-corrected chi connectivity index (χ4v) is 2.87. The normalized spacial score (nSPS) is 11.3. The lowest BCUT2D eigenvalue weighted by atomic mass is 10.4. The number of hydrogen-bond donors (Lipinski definition) is 0. The van der Waals surface area contributed by atoms with E-state index < -0.39 is 0 Å². The summed E-state index contributed by atoms with van der Waals surface area (Å²) in [5, 5.41) is 6.33. The highest BCUT2D eigenvalue weighted by Crippen LogP contribution is 2.04. The Balaban J connectivity index is 1.94. The zero-order valence-corrected chi connectivity index (χ0v) is 11.9. The molecule has 0 radical (unpaired) electrons. The Bertz CT molecular complexity index is 885. The maximum atomic E-state index is 12.3. The van der Waals surface area contributed by atoms with Gasteiger partial charge in [0.15, 0.2) is 5.65 Å². The monoisotopic (exact) mass is 291 g/mol. The zero-order valence-electron chi connectivity index (χ0n) is 11.1. The summed E-state index contributed by atoms with van der Waals surface area (Å²) in [5.74, 6) is 0. The van der Waals surface area contributed by atoms with Crippen LogP contribution in [-0.4, -0.2) is 23.9 Å². The molecule has 0 fully saturated rings. The van der Waals surface area contributed by atoms with Crippen LogP contribution >= 0.6 is 11.3 Å². The van der Waals surface area contributed by atoms with Crippen molar-refractivity contribution < 1.29 is 0 Å². The van der Waals surface area contributed by atoms with Gasteiger partial charge in [-0.3, -0.25) is 18.8 Å². The standard InChI is InChI=1S/C12H13N5O2S/c1-8-6-20-12(19)17(8)4-3-16-7-13-10-9(11(16)18)5-14-15(10)2/h5-7H,3-4H2,1-2H3. The Hall–Kier alpha value is -2.22. The Labute approximate surface area is 117 Å². The average Bonchev–Trinajstić information content (AvgIpc) is 2.95. The first-order valence-corrected chi connectivity index (χ1v) is 6.98. The number of aryl methyl sites for hydroxylation is 3. The lowest BCUT2D eigenvalue weighted by Gasteiger charge is -2.07. The Morgan fingerprint density at radius 3 is 2.80 bits per heavy atom. The SMILES string of the molecule is Cc1csc(=O)n1CCn1cnc2c(cnn2C)c1=O. The molecule has 7 nitrogen and oxygen atoms in total. The van der Waals surface area contributed by atoms with Gasteiger partial charge in [-0.1, -0.05) is 11.3 Å². The van der Waals surface area contributed by atoms with Crippen LogP contribution in [-0.2, 0) is 20.1 Å². The molecule has 0 aromatic carbocycles. The number of fused-ring (bicyclic) bond motifs is 1. The molecule has 0 atom stereocenters. The summed E-state index contributed by atoms with van der Waals surface area (Å²) in [6.45, 7) is 2.75. The van der Waals surface area contributed by atoms with Gasteiger partial charge < -0.3 is 4.57 Å². The lowest BCUT2D eigenvalue weighted by molar-refractivity contribution is 0.548. The highest BCUT2D eigenvalue weighted by Gasteiger charge is 2.09. The molecule has 0 aliphatic heterocycles. The molecule has 0 saturated heterocycles. The first-order chi connectivity index (χ1) is 9.58. The number of nitrogens with zero attached hydrogens (tertiary/aromatic N) is 5. The van der Waals surface area contributed by atoms with Crippen molar-refractivity contribution in [1.82, 2.24) is 23.9 Å². The van der Waals surface area contributed by atoms with Gasteiger partial charge in [-0.25, -0.2) is 4.98 Å². The number of hydrogen-bond acceptors (Lipinski definition) is 5. The largest absolute Gasteiger partial charge is 0.307 e. The van der Waals surface area contributed by atoms with Gasteiger partial charge in [-0.15, -0.1) is 0 Å². The van der Waals surface area contributed by atoms with Crippen LogP contribution in [0.15, 0.2) is 27.5 Å². The second-order valence-corrected chi connectivity index (χ2v) is 5.36. The van der Waals surface area contributed by atoms with Gasteiger partial charge >= 0.3 is 4.87 Å². The van der Waals surface area contributed by atoms with Crippen LogP contribution < -0.4 is 10.4 Å². The van der Waals surface area contributed by atoms with E-state index in [1.165, 1.54) is 28.4 Å². The lowest BCUT2D eigenvalue weighted by Crippen LogP contribution is -2.25. The Morgan fingerprint density at radius 2 is 2.10 bits per heavy atom. The van der Waals surface area contributed by atoms with E-state index in [9.17, 15) is 9.59 Å². The molecule has 0 aliphatic rings. The predicted octanol–water partition coefficient (Wildman–Crippen LogP) is 0.362. The average molecular weight is 291 g/mol. The molecule has 3 rings (SSSR count). The van der Waals surface area contributed by atoms with Crippen LogP contribution in [0.4, 0.5) is 0 Å². The molecule has 0 saturated carbocycles. The number of aromatic nitrogens is 5. The van der Waals surface area contributed by atoms with Gasteiger partial charge in [0, 0.05) is 31.2 Å². The third-order valence-electron chi connectivity index (χ3n) is 3.26. The molecule has 0 bridgehead atoms. The molecule has 0 spiro atoms. The van der Waals surface area contributed by atoms with Crippen LogP contribution in [0.3, 0.4) is 0 Å². The van der Waals surface area contributed by atoms with Crippen LogP contribution in [0.5, 0.6) is 0 Å². The van der Waals surface area contributed by atoms with E-state index in [4.69, 9.17) is 0 Å². The minimum atomic E-state index is -0.135. The summed E-state index contributed by atoms with van der Waals surface area (Å²) in [5.41, 5.74) is 1.34. The molecule has 3 aromatic heterocycles. The zero-order chi connectivity index (χ0) is 14.3. The molecule has 0 N–H and O–H groups in total. The molecule has 104 valence electrons. The Kier molecular flexibility index (Phi) is 3.01. The van der Waals surface area contributed by atoms with E-state index in [0.717, 1.165) is 5.69 Å². The molecule has 8 heteroatoms. The fraction of sp³-hybridized carbons (Fsp3) is 0.333. The second-order valence-electron chi connectivity index (χ2n) is 4.54. The predicted molar refractivity (Wildman–Crippen MR) is 76.1 cm³/mol. The van der Waals surface area contributed by atoms with Crippen molar-refractivity contribution >= 4 is 22.4 Å². The van der Waals surface area contributed by atoms with E-state index in [-0.39, 0.29) is 10.4 Å². The van der Waals surface area contributed by atoms with Gasteiger partial charge in [0.25, 0.3) is 5.56 Å². The van der Waals surface area contributed by atoms with Gasteiger partial charge in [-0.05, 0) is 6.92 Å². The van der Waals surface area contributed by atoms with Crippen molar-refractivity contribution in [2.24, 2.45) is 7.05 Å². The summed E-state index contributed by atoms with van der Waals surface area (Å²) in [6, 6.07) is 0. The van der Waals surface area contributed by atoms with Crippen LogP contribution in [0.25, 0.3) is 11.0 Å². The van der Waals surface area contributed by atoms with Gasteiger partial charge in [-0.2, -0.15) is 5.10 Å². The smallest absolute Gasteiger partial charge is 0.302 e. The van der Waals surface area contributed by atoms with Gasteiger partial charge in [0.1, 0.15) is 11.7 Å². The van der Waals surface area contributed by atoms with Crippen molar-refractivity contribution in [2.45, 2.75) is 20.0 Å². The minimum absolute atomic E-state index is 0.00837. The van der Waals surface area contributed by atoms with E-state index in [0.29, 0.717) is 24.1 Å². The third kappa shape index (κ3) is 1.97. The van der Waals surface area contributed by atoms with E-state index in [1.807, 2.05) is 12.3 Å². The quantitative estimate of drug-likeness (QED) is 0.698. The summed E-state index contributed by atoms with van der Waals surface area (Å²) >= 11 is 1.17. The molecule has 3 aromatic rings. The third-order valence-corrected chi connectivity index (χ3v) is 4.14. The molecular formula is C12H13N5O2S. The van der Waals surface area contributed by atoms with Crippen LogP contribution in [0.2, 0.25) is 0 Å². The molecule has 0 aliphatic carbocycles. The molecule has 0 unspecified atom stereocenters. The van der Waals surface area contributed by atoms with Crippen LogP contribution in [0.1, 0.15) is 5.69 Å². The van der Waals surface area contributed by atoms with Crippen molar-refractivity contribution in [1.29, 1.82) is 0 Å². The highest BCUT2D eigenvalue weighted by molar-refractivity contribution is 7.07. The first-order valence-electron chi connectivity index (χ1n) is 6.10. The van der Waals surface area contributed by atoms with Crippen molar-refractivity contribution in [3.63, 3.8) is 0 Å². The van der Waals surface area contributed by atoms with Crippen molar-refractivity contribution in [3.05, 3.63) is 43.6 Å². The molecule has 3 heterocycles. The maximum absolute atomic E-state index is 12.3. The number of rotatable bonds is 3. The maximum Gasteiger partial charge on any atom is 0.307 e. The van der Waals surface area contributed by atoms with Crippen molar-refractivity contribution in [2.75, 3.05) is 0 Å². The highest BCUT2D eigenvalue weighted by atomic mass is 32.1. The summed E-state index contributed by atoms with van der Waals surface area (Å²) in [6.07, 6.45) is 3.02. The first kappa shape index (κ1) is 12.8. The Morgan fingerprint density at radius 1 is 1.30 bits per heavy atom. The summed E-state index contributed by atoms with van der Waals surface area (Å²) in [7, 11) is 1.74. The van der Waals surface area contributed by atoms with Crippen molar-refractivity contribution in [3.8, 4) is 0 Å². The molecular weight excluding hydrogens is 278 g/mol. The van der Waals surface area contributed by atoms with E-state index in [1.54, 1.807) is 16.3 Å². The fourth-order valence-electron chi connectivity index (χ4n) is 2.11. The molecule has 20 heavy (non-hydrogen) atoms. The summed E-state index contributed by atoms with van der Waals surface area (Å²) < 4.78 is 4.73. The minimum Gasteiger partial charge on any atom is -0.302 e. The molecule has 0 amide bonds. The van der Waals surface area contributed by atoms with E-state index >= 15 is 0 Å². The second kappa shape index (κ2) is 4.71. The van der Waals surface area contributed by atoms with Gasteiger partial charge in [0.05, 0.1) is 6.20 Å². The number of thiazole rings is 1. The van der Waals surface area contributed by atoms with E-state index in [2.05, 4.69) is 10.1 Å².